The van der Waals surface area contributed by atoms with Crippen molar-refractivity contribution in [1.29, 1.82) is 0 Å². The summed E-state index contributed by atoms with van der Waals surface area (Å²) in [5.74, 6) is -2.44. The highest BCUT2D eigenvalue weighted by Crippen LogP contribution is 2.05. The molecule has 0 aromatic carbocycles. The minimum absolute atomic E-state index is 0.180. The van der Waals surface area contributed by atoms with Crippen molar-refractivity contribution in [3.63, 3.8) is 0 Å². The van der Waals surface area contributed by atoms with Crippen LogP contribution in [-0.2, 0) is 9.59 Å². The monoisotopic (exact) mass is 316 g/mol. The van der Waals surface area contributed by atoms with Gasteiger partial charge in [0.1, 0.15) is 18.3 Å². The van der Waals surface area contributed by atoms with E-state index in [4.69, 9.17) is 11.6 Å². The van der Waals surface area contributed by atoms with Crippen molar-refractivity contribution in [2.45, 2.75) is 24.4 Å². The number of amides is 2. The fourth-order valence-corrected chi connectivity index (χ4v) is 1.01. The van der Waals surface area contributed by atoms with E-state index in [1.807, 2.05) is 0 Å². The maximum absolute atomic E-state index is 11.3. The Hall–Kier alpha value is -0.580. The van der Waals surface area contributed by atoms with Crippen LogP contribution in [0.3, 0.4) is 0 Å². The van der Waals surface area contributed by atoms with E-state index in [1.54, 1.807) is 0 Å². The third-order valence-corrected chi connectivity index (χ3v) is 2.34. The van der Waals surface area contributed by atoms with Crippen LogP contribution in [0.4, 0.5) is 0 Å². The van der Waals surface area contributed by atoms with Crippen LogP contribution in [0.25, 0.3) is 0 Å². The predicted molar refractivity (Wildman–Crippen MR) is 58.1 cm³/mol. The summed E-state index contributed by atoms with van der Waals surface area (Å²) in [6.07, 6.45) is -8.19. The summed E-state index contributed by atoms with van der Waals surface area (Å²) in [5.41, 5.74) is 0. The highest BCUT2D eigenvalue weighted by Gasteiger charge is 2.34. The molecule has 100 valence electrons. The van der Waals surface area contributed by atoms with Crippen molar-refractivity contribution in [2.24, 2.45) is 0 Å². The second-order valence-electron chi connectivity index (χ2n) is 3.15. The molecule has 0 heterocycles. The Morgan fingerprint density at radius 2 is 1.76 bits per heavy atom. The lowest BCUT2D eigenvalue weighted by molar-refractivity contribution is -0.150. The van der Waals surface area contributed by atoms with Crippen LogP contribution in [0.2, 0.25) is 1.41 Å². The molecule has 0 spiro atoms. The van der Waals surface area contributed by atoms with Crippen LogP contribution in [0.1, 0.15) is 0 Å². The largest absolute Gasteiger partial charge is 0.394 e. The van der Waals surface area contributed by atoms with Gasteiger partial charge in [0.25, 0.3) is 5.91 Å². The number of aliphatic hydroxyl groups excluding tert-OH is 5. The SMILES string of the molecule is [2H]N(C(=O)CBr)C(=O)[C@@H](O)[C@@H](O)[C@H](O)[C@H](O)CO. The van der Waals surface area contributed by atoms with Gasteiger partial charge in [-0.1, -0.05) is 15.9 Å². The van der Waals surface area contributed by atoms with E-state index in [2.05, 4.69) is 15.9 Å². The van der Waals surface area contributed by atoms with Gasteiger partial charge in [-0.2, -0.15) is 0 Å². The fraction of sp³-hybridized carbons (Fsp3) is 0.750. The molecule has 0 saturated heterocycles. The second kappa shape index (κ2) is 7.69. The van der Waals surface area contributed by atoms with Crippen molar-refractivity contribution in [3.05, 3.63) is 0 Å². The number of nitrogens with one attached hydrogen (secondary N) is 1. The molecule has 4 atom stereocenters. The molecular weight excluding hydrogens is 302 g/mol. The Kier molecular flexibility index (Phi) is 6.55. The number of aliphatic hydroxyl groups is 5. The summed E-state index contributed by atoms with van der Waals surface area (Å²) >= 11 is 2.70. The predicted octanol–water partition coefficient (Wildman–Crippen LogP) is -3.54. The Morgan fingerprint density at radius 3 is 2.18 bits per heavy atom. The van der Waals surface area contributed by atoms with E-state index in [0.717, 1.165) is 0 Å². The van der Waals surface area contributed by atoms with E-state index < -0.39 is 42.8 Å². The van der Waals surface area contributed by atoms with Gasteiger partial charge in [0, 0.05) is 0 Å². The molecule has 0 saturated carbocycles. The molecular formula is C8H14BrNO7. The summed E-state index contributed by atoms with van der Waals surface area (Å²) in [4.78, 5) is 22.3. The van der Waals surface area contributed by atoms with E-state index >= 15 is 0 Å². The van der Waals surface area contributed by atoms with Crippen LogP contribution < -0.4 is 5.31 Å². The van der Waals surface area contributed by atoms with E-state index in [0.29, 0.717) is 0 Å². The fourth-order valence-electron chi connectivity index (χ4n) is 0.887. The lowest BCUT2D eigenvalue weighted by atomic mass is 10.0. The summed E-state index contributed by atoms with van der Waals surface area (Å²) in [7, 11) is 0. The summed E-state index contributed by atoms with van der Waals surface area (Å²) in [6, 6.07) is 0. The average molecular weight is 317 g/mol. The molecule has 9 heteroatoms. The number of alkyl halides is 1. The maximum Gasteiger partial charge on any atom is 0.258 e. The highest BCUT2D eigenvalue weighted by atomic mass is 79.9. The number of rotatable bonds is 6. The number of carbonyl (C=O) groups is 2. The van der Waals surface area contributed by atoms with Gasteiger partial charge in [-0.05, 0) is 0 Å². The first-order valence-corrected chi connectivity index (χ1v) is 5.64. The maximum atomic E-state index is 11.3. The lowest BCUT2D eigenvalue weighted by Gasteiger charge is -2.24. The van der Waals surface area contributed by atoms with Gasteiger partial charge in [-0.3, -0.25) is 14.9 Å². The Bertz CT molecular complexity index is 305. The normalized spacial score (nSPS) is 18.8. The Labute approximate surface area is 106 Å². The topological polar surface area (TPSA) is 147 Å². The molecule has 0 aromatic rings. The van der Waals surface area contributed by atoms with Gasteiger partial charge in [0.05, 0.1) is 11.9 Å². The second-order valence-corrected chi connectivity index (χ2v) is 3.71. The molecule has 0 rings (SSSR count). The lowest BCUT2D eigenvalue weighted by Crippen LogP contribution is -2.52. The number of hydrogen-bond donors (Lipinski definition) is 6. The highest BCUT2D eigenvalue weighted by molar-refractivity contribution is 9.09. The molecule has 17 heavy (non-hydrogen) atoms. The summed E-state index contributed by atoms with van der Waals surface area (Å²) < 4.78 is 7.04. The molecule has 6 N–H and O–H groups in total. The standard InChI is InChI=1S/C8H14BrNO7/c9-1-4(13)10-8(17)7(16)6(15)5(14)3(12)2-11/h3,5-7,11-12,14-16H,1-2H2,(H,10,13,17)/t3-,5-,6+,7+/m1/s1/i/hD. The quantitative estimate of drug-likeness (QED) is 0.278. The van der Waals surface area contributed by atoms with Gasteiger partial charge in [-0.15, -0.1) is 0 Å². The zero-order valence-electron chi connectivity index (χ0n) is 9.60. The molecule has 0 aliphatic rings. The number of imide groups is 1. The number of hydrogen-bond acceptors (Lipinski definition) is 7. The molecule has 0 aliphatic heterocycles. The average Bonchev–Trinajstić information content (AvgIpc) is 2.40. The minimum Gasteiger partial charge on any atom is -0.394 e. The summed E-state index contributed by atoms with van der Waals surface area (Å²) in [5, 5.41) is 44.9. The molecule has 8 nitrogen and oxygen atoms in total. The number of halogens is 1. The first kappa shape index (κ1) is 14.5. The first-order chi connectivity index (χ1) is 8.27. The van der Waals surface area contributed by atoms with Gasteiger partial charge in [0.2, 0.25) is 5.91 Å². The van der Waals surface area contributed by atoms with Crippen molar-refractivity contribution >= 4 is 27.7 Å². The molecule has 0 aromatic heterocycles. The van der Waals surface area contributed by atoms with Crippen molar-refractivity contribution < 1.29 is 36.5 Å². The summed E-state index contributed by atoms with van der Waals surface area (Å²) in [6.45, 7) is -0.899. The van der Waals surface area contributed by atoms with E-state index in [9.17, 15) is 24.9 Å². The third kappa shape index (κ3) is 5.06. The third-order valence-electron chi connectivity index (χ3n) is 1.86. The van der Waals surface area contributed by atoms with Crippen LogP contribution in [-0.4, -0.2) is 73.7 Å². The van der Waals surface area contributed by atoms with Crippen LogP contribution in [0.5, 0.6) is 0 Å². The van der Waals surface area contributed by atoms with Crippen molar-refractivity contribution in [1.82, 2.24) is 5.31 Å². The van der Waals surface area contributed by atoms with Gasteiger partial charge < -0.3 is 25.5 Å². The van der Waals surface area contributed by atoms with Crippen molar-refractivity contribution in [3.8, 4) is 0 Å². The van der Waals surface area contributed by atoms with Crippen LogP contribution in [0, 0.1) is 0 Å². The molecule has 0 fully saturated rings. The van der Waals surface area contributed by atoms with E-state index in [-0.39, 0.29) is 10.6 Å². The van der Waals surface area contributed by atoms with E-state index in [1.165, 1.54) is 0 Å². The molecule has 0 bridgehead atoms. The molecule has 0 unspecified atom stereocenters. The number of carbonyl (C=O) groups excluding carboxylic acids is 2. The van der Waals surface area contributed by atoms with Crippen LogP contribution >= 0.6 is 15.9 Å². The molecule has 0 aliphatic carbocycles. The Balaban J connectivity index is 4.68. The smallest absolute Gasteiger partial charge is 0.258 e. The van der Waals surface area contributed by atoms with Gasteiger partial charge >= 0.3 is 0 Å². The van der Waals surface area contributed by atoms with Gasteiger partial charge in [-0.25, -0.2) is 0 Å². The Morgan fingerprint density at radius 1 is 1.24 bits per heavy atom. The zero-order chi connectivity index (χ0) is 14.5. The first-order valence-electron chi connectivity index (χ1n) is 4.97. The van der Waals surface area contributed by atoms with Crippen LogP contribution in [0.15, 0.2) is 0 Å². The molecule has 2 amide bonds. The molecule has 0 radical (unpaired) electrons. The van der Waals surface area contributed by atoms with Gasteiger partial charge in [0.15, 0.2) is 7.52 Å². The van der Waals surface area contributed by atoms with Crippen molar-refractivity contribution in [2.75, 3.05) is 11.9 Å². The minimum atomic E-state index is -2.28. The zero-order valence-corrected chi connectivity index (χ0v) is 10.2.